The van der Waals surface area contributed by atoms with Gasteiger partial charge in [-0.15, -0.1) is 11.8 Å². The lowest BCUT2D eigenvalue weighted by molar-refractivity contribution is -0.139. The van der Waals surface area contributed by atoms with Crippen molar-refractivity contribution in [2.45, 2.75) is 18.3 Å². The van der Waals surface area contributed by atoms with Crippen molar-refractivity contribution in [2.24, 2.45) is 0 Å². The molecule has 2 atom stereocenters. The van der Waals surface area contributed by atoms with Gasteiger partial charge in [-0.05, 0) is 6.92 Å². The van der Waals surface area contributed by atoms with Crippen molar-refractivity contribution in [1.29, 1.82) is 0 Å². The van der Waals surface area contributed by atoms with Crippen LogP contribution in [0.5, 0.6) is 0 Å². The molecule has 0 fully saturated rings. The Labute approximate surface area is 75.9 Å². The van der Waals surface area contributed by atoms with Crippen LogP contribution in [0.2, 0.25) is 0 Å². The molecule has 2 unspecified atom stereocenters. The molecule has 0 aliphatic rings. The zero-order valence-electron chi connectivity index (χ0n) is 7.19. The van der Waals surface area contributed by atoms with Crippen LogP contribution < -0.4 is 0 Å². The van der Waals surface area contributed by atoms with Gasteiger partial charge >= 0.3 is 5.97 Å². The summed E-state index contributed by atoms with van der Waals surface area (Å²) in [5.74, 6) is 0.0254. The van der Waals surface area contributed by atoms with E-state index in [1.165, 1.54) is 18.9 Å². The normalized spacial score (nSPS) is 15.3. The number of hydrogen-bond acceptors (Lipinski definition) is 5. The summed E-state index contributed by atoms with van der Waals surface area (Å²) in [6, 6.07) is 0. The van der Waals surface area contributed by atoms with Crippen molar-refractivity contribution in [3.8, 4) is 0 Å². The first-order valence-corrected chi connectivity index (χ1v) is 4.65. The average molecular weight is 194 g/mol. The maximum Gasteiger partial charge on any atom is 0.318 e. The zero-order valence-corrected chi connectivity index (χ0v) is 8.00. The number of hydrogen-bond donors (Lipinski definition) is 2. The molecule has 0 aromatic carbocycles. The Kier molecular flexibility index (Phi) is 6.14. The molecule has 72 valence electrons. The lowest BCUT2D eigenvalue weighted by Gasteiger charge is -2.10. The summed E-state index contributed by atoms with van der Waals surface area (Å²) in [5.41, 5.74) is 0. The summed E-state index contributed by atoms with van der Waals surface area (Å²) < 4.78 is 4.47. The maximum atomic E-state index is 10.8. The molecule has 0 aliphatic heterocycles. The molecule has 0 radical (unpaired) electrons. The Morgan fingerprint density at radius 3 is 2.67 bits per heavy atom. The van der Waals surface area contributed by atoms with Gasteiger partial charge in [0.15, 0.2) is 0 Å². The number of aliphatic hydroxyl groups is 2. The molecule has 0 saturated heterocycles. The number of esters is 1. The second-order valence-corrected chi connectivity index (χ2v) is 3.71. The van der Waals surface area contributed by atoms with E-state index in [4.69, 9.17) is 10.2 Å². The first-order valence-electron chi connectivity index (χ1n) is 3.60. The molecule has 0 aromatic heterocycles. The summed E-state index contributed by atoms with van der Waals surface area (Å²) >= 11 is 1.26. The molecule has 0 aromatic rings. The molecular formula is C7H14O4S. The molecule has 0 bridgehead atoms. The quantitative estimate of drug-likeness (QED) is 0.585. The first kappa shape index (κ1) is 11.7. The molecule has 0 rings (SSSR count). The van der Waals surface area contributed by atoms with E-state index in [2.05, 4.69) is 4.74 Å². The molecular weight excluding hydrogens is 180 g/mol. The van der Waals surface area contributed by atoms with Crippen LogP contribution in [-0.2, 0) is 9.53 Å². The monoisotopic (exact) mass is 194 g/mol. The van der Waals surface area contributed by atoms with Gasteiger partial charge in [-0.1, -0.05) is 0 Å². The fourth-order valence-electron chi connectivity index (χ4n) is 0.542. The number of carbonyl (C=O) groups is 1. The van der Waals surface area contributed by atoms with Gasteiger partial charge in [0, 0.05) is 5.75 Å². The number of carbonyl (C=O) groups excluding carboxylic acids is 1. The van der Waals surface area contributed by atoms with Crippen LogP contribution in [-0.4, -0.2) is 47.0 Å². The van der Waals surface area contributed by atoms with Crippen LogP contribution >= 0.6 is 11.8 Å². The van der Waals surface area contributed by atoms with Gasteiger partial charge in [0.05, 0.1) is 25.1 Å². The highest BCUT2D eigenvalue weighted by molar-refractivity contribution is 8.00. The third-order valence-electron chi connectivity index (χ3n) is 1.28. The van der Waals surface area contributed by atoms with Crippen molar-refractivity contribution in [2.75, 3.05) is 19.5 Å². The van der Waals surface area contributed by atoms with E-state index in [-0.39, 0.29) is 17.8 Å². The van der Waals surface area contributed by atoms with Crippen molar-refractivity contribution in [1.82, 2.24) is 0 Å². The first-order chi connectivity index (χ1) is 5.61. The number of rotatable bonds is 5. The third kappa shape index (κ3) is 4.58. The van der Waals surface area contributed by atoms with E-state index in [1.54, 1.807) is 6.92 Å². The van der Waals surface area contributed by atoms with E-state index in [0.29, 0.717) is 5.75 Å². The van der Waals surface area contributed by atoms with E-state index in [9.17, 15) is 4.79 Å². The Morgan fingerprint density at radius 1 is 1.67 bits per heavy atom. The SMILES string of the molecule is COC(=O)C(C)SCC(O)CO. The standard InChI is InChI=1S/C7H14O4S/c1-5(7(10)11-2)12-4-6(9)3-8/h5-6,8-9H,3-4H2,1-2H3. The Hall–Kier alpha value is -0.260. The average Bonchev–Trinajstić information content (AvgIpc) is 2.11. The highest BCUT2D eigenvalue weighted by Crippen LogP contribution is 2.12. The molecule has 4 nitrogen and oxygen atoms in total. The van der Waals surface area contributed by atoms with Crippen molar-refractivity contribution >= 4 is 17.7 Å². The van der Waals surface area contributed by atoms with Crippen LogP contribution in [0.4, 0.5) is 0 Å². The molecule has 0 saturated carbocycles. The van der Waals surface area contributed by atoms with Gasteiger partial charge < -0.3 is 14.9 Å². The van der Waals surface area contributed by atoms with Gasteiger partial charge in [0.2, 0.25) is 0 Å². The van der Waals surface area contributed by atoms with Gasteiger partial charge in [0.1, 0.15) is 0 Å². The zero-order chi connectivity index (χ0) is 9.56. The molecule has 2 N–H and O–H groups in total. The van der Waals surface area contributed by atoms with Gasteiger partial charge in [0.25, 0.3) is 0 Å². The molecule has 0 amide bonds. The number of methoxy groups -OCH3 is 1. The number of thioether (sulfide) groups is 1. The maximum absolute atomic E-state index is 10.8. The second kappa shape index (κ2) is 6.28. The van der Waals surface area contributed by atoms with E-state index >= 15 is 0 Å². The molecule has 12 heavy (non-hydrogen) atoms. The lowest BCUT2D eigenvalue weighted by atomic mass is 10.4. The topological polar surface area (TPSA) is 66.8 Å². The van der Waals surface area contributed by atoms with Crippen LogP contribution in [0.3, 0.4) is 0 Å². The Morgan fingerprint density at radius 2 is 2.25 bits per heavy atom. The number of aliphatic hydroxyl groups excluding tert-OH is 2. The van der Waals surface area contributed by atoms with Crippen molar-refractivity contribution in [3.05, 3.63) is 0 Å². The second-order valence-electron chi connectivity index (χ2n) is 2.34. The van der Waals surface area contributed by atoms with Crippen molar-refractivity contribution < 1.29 is 19.7 Å². The molecule has 0 aliphatic carbocycles. The summed E-state index contributed by atoms with van der Waals surface area (Å²) in [5, 5.41) is 17.1. The largest absolute Gasteiger partial charge is 0.468 e. The van der Waals surface area contributed by atoms with Crippen LogP contribution in [0.15, 0.2) is 0 Å². The smallest absolute Gasteiger partial charge is 0.318 e. The Bertz CT molecular complexity index is 139. The van der Waals surface area contributed by atoms with E-state index in [1.807, 2.05) is 0 Å². The summed E-state index contributed by atoms with van der Waals surface area (Å²) in [6.45, 7) is 1.42. The summed E-state index contributed by atoms with van der Waals surface area (Å²) in [4.78, 5) is 10.8. The third-order valence-corrected chi connectivity index (χ3v) is 2.55. The summed E-state index contributed by atoms with van der Waals surface area (Å²) in [6.07, 6.45) is -0.762. The number of ether oxygens (including phenoxy) is 1. The summed E-state index contributed by atoms with van der Waals surface area (Å²) in [7, 11) is 1.32. The lowest BCUT2D eigenvalue weighted by Crippen LogP contribution is -2.21. The fraction of sp³-hybridized carbons (Fsp3) is 0.857. The Balaban J connectivity index is 3.56. The molecule has 0 heterocycles. The van der Waals surface area contributed by atoms with Crippen LogP contribution in [0, 0.1) is 0 Å². The molecule has 5 heteroatoms. The van der Waals surface area contributed by atoms with E-state index < -0.39 is 6.10 Å². The fourth-order valence-corrected chi connectivity index (χ4v) is 1.39. The van der Waals surface area contributed by atoms with Crippen LogP contribution in [0.1, 0.15) is 6.92 Å². The predicted molar refractivity (Wildman–Crippen MR) is 47.0 cm³/mol. The van der Waals surface area contributed by atoms with Gasteiger partial charge in [-0.3, -0.25) is 4.79 Å². The predicted octanol–water partition coefficient (Wildman–Crippen LogP) is -0.366. The highest BCUT2D eigenvalue weighted by atomic mass is 32.2. The van der Waals surface area contributed by atoms with Gasteiger partial charge in [-0.25, -0.2) is 0 Å². The minimum atomic E-state index is -0.762. The van der Waals surface area contributed by atoms with Crippen LogP contribution in [0.25, 0.3) is 0 Å². The highest BCUT2D eigenvalue weighted by Gasteiger charge is 2.14. The van der Waals surface area contributed by atoms with Gasteiger partial charge in [-0.2, -0.15) is 0 Å². The van der Waals surface area contributed by atoms with Crippen molar-refractivity contribution in [3.63, 3.8) is 0 Å². The van der Waals surface area contributed by atoms with E-state index in [0.717, 1.165) is 0 Å². The minimum Gasteiger partial charge on any atom is -0.468 e. The minimum absolute atomic E-state index is 0.277. The molecule has 0 spiro atoms.